The van der Waals surface area contributed by atoms with Crippen LogP contribution in [0.15, 0.2) is 54.0 Å². The highest BCUT2D eigenvalue weighted by Crippen LogP contribution is 2.28. The highest BCUT2D eigenvalue weighted by Gasteiger charge is 2.11. The van der Waals surface area contributed by atoms with E-state index in [0.29, 0.717) is 5.82 Å². The number of hydrogen-bond acceptors (Lipinski definition) is 7. The maximum atomic E-state index is 8.94. The molecule has 0 amide bonds. The molecule has 0 aliphatic rings. The van der Waals surface area contributed by atoms with Gasteiger partial charge in [0.25, 0.3) is 0 Å². The van der Waals surface area contributed by atoms with Gasteiger partial charge < -0.3 is 15.2 Å². The Morgan fingerprint density at radius 3 is 2.90 bits per heavy atom. The Labute approximate surface area is 173 Å². The molecule has 4 aromatic rings. The first kappa shape index (κ1) is 19.3. The predicted octanol–water partition coefficient (Wildman–Crippen LogP) is 4.61. The molecule has 0 saturated heterocycles. The maximum Gasteiger partial charge on any atom is 0.130 e. The van der Waals surface area contributed by atoms with Crippen molar-refractivity contribution in [3.05, 3.63) is 65.4 Å². The summed E-state index contributed by atoms with van der Waals surface area (Å²) >= 11 is 1.62. The van der Waals surface area contributed by atoms with Crippen LogP contribution in [0.25, 0.3) is 21.5 Å². The minimum absolute atomic E-state index is 0.00561. The van der Waals surface area contributed by atoms with E-state index in [9.17, 15) is 0 Å². The molecule has 0 saturated carbocycles. The van der Waals surface area contributed by atoms with Gasteiger partial charge in [0.15, 0.2) is 0 Å². The van der Waals surface area contributed by atoms with Gasteiger partial charge in [0.2, 0.25) is 0 Å². The standard InChI is InChI=1S/C22H22N4O2S/c1-14(16-4-3-5-18(10-16)28-9-8-27)24-22-12-20(25-15(2)26-22)17-6-7-19-21(11-17)29-13-23-19/h3-7,10-14,27H,8-9H2,1-2H3,(H,24,25,26). The minimum Gasteiger partial charge on any atom is -0.491 e. The fourth-order valence-corrected chi connectivity index (χ4v) is 3.86. The molecule has 29 heavy (non-hydrogen) atoms. The Morgan fingerprint density at radius 2 is 2.03 bits per heavy atom. The van der Waals surface area contributed by atoms with Crippen LogP contribution in [-0.4, -0.2) is 33.3 Å². The van der Waals surface area contributed by atoms with Gasteiger partial charge in [-0.3, -0.25) is 0 Å². The van der Waals surface area contributed by atoms with Crippen molar-refractivity contribution in [2.45, 2.75) is 19.9 Å². The van der Waals surface area contributed by atoms with Crippen molar-refractivity contribution in [3.8, 4) is 17.0 Å². The van der Waals surface area contributed by atoms with Gasteiger partial charge in [-0.15, -0.1) is 11.3 Å². The zero-order valence-electron chi connectivity index (χ0n) is 16.3. The van der Waals surface area contributed by atoms with Crippen LogP contribution >= 0.6 is 11.3 Å². The topological polar surface area (TPSA) is 80.2 Å². The van der Waals surface area contributed by atoms with Crippen molar-refractivity contribution in [1.29, 1.82) is 0 Å². The lowest BCUT2D eigenvalue weighted by Crippen LogP contribution is -2.10. The fraction of sp³-hybridized carbons (Fsp3) is 0.227. The second-order valence-corrected chi connectivity index (χ2v) is 7.62. The van der Waals surface area contributed by atoms with Crippen LogP contribution in [-0.2, 0) is 0 Å². The van der Waals surface area contributed by atoms with Crippen molar-refractivity contribution < 1.29 is 9.84 Å². The molecule has 0 aliphatic carbocycles. The van der Waals surface area contributed by atoms with E-state index in [4.69, 9.17) is 9.84 Å². The number of ether oxygens (including phenoxy) is 1. The number of rotatable bonds is 7. The predicted molar refractivity (Wildman–Crippen MR) is 116 cm³/mol. The van der Waals surface area contributed by atoms with Crippen LogP contribution in [0.1, 0.15) is 24.4 Å². The van der Waals surface area contributed by atoms with E-state index in [1.54, 1.807) is 11.3 Å². The summed E-state index contributed by atoms with van der Waals surface area (Å²) in [4.78, 5) is 13.5. The van der Waals surface area contributed by atoms with Crippen molar-refractivity contribution in [1.82, 2.24) is 15.0 Å². The van der Waals surface area contributed by atoms with Gasteiger partial charge in [0.1, 0.15) is 24.0 Å². The largest absolute Gasteiger partial charge is 0.491 e. The van der Waals surface area contributed by atoms with Crippen LogP contribution in [0.4, 0.5) is 5.82 Å². The highest BCUT2D eigenvalue weighted by molar-refractivity contribution is 7.16. The molecule has 0 spiro atoms. The fourth-order valence-electron chi connectivity index (χ4n) is 3.15. The third-order valence-electron chi connectivity index (χ3n) is 4.55. The first-order valence-corrected chi connectivity index (χ1v) is 10.3. The van der Waals surface area contributed by atoms with Gasteiger partial charge >= 0.3 is 0 Å². The molecule has 1 atom stereocenters. The monoisotopic (exact) mass is 406 g/mol. The molecule has 0 bridgehead atoms. The third kappa shape index (κ3) is 4.52. The lowest BCUT2D eigenvalue weighted by Gasteiger charge is -2.17. The molecular weight excluding hydrogens is 384 g/mol. The molecule has 0 fully saturated rings. The molecule has 2 aromatic carbocycles. The number of nitrogens with one attached hydrogen (secondary N) is 1. The van der Waals surface area contributed by atoms with Crippen LogP contribution in [0.2, 0.25) is 0 Å². The Morgan fingerprint density at radius 1 is 1.14 bits per heavy atom. The number of anilines is 1. The van der Waals surface area contributed by atoms with E-state index in [2.05, 4.69) is 33.3 Å². The molecule has 0 aliphatic heterocycles. The second-order valence-electron chi connectivity index (χ2n) is 6.73. The molecular formula is C22H22N4O2S. The Kier molecular flexibility index (Phi) is 5.69. The molecule has 2 heterocycles. The van der Waals surface area contributed by atoms with Crippen molar-refractivity contribution in [3.63, 3.8) is 0 Å². The number of nitrogens with zero attached hydrogens (tertiary/aromatic N) is 3. The summed E-state index contributed by atoms with van der Waals surface area (Å²) in [6.07, 6.45) is 0. The minimum atomic E-state index is -0.00561. The SMILES string of the molecule is Cc1nc(NC(C)c2cccc(OCCO)c2)cc(-c2ccc3ncsc3c2)n1. The van der Waals surface area contributed by atoms with E-state index in [1.165, 1.54) is 0 Å². The summed E-state index contributed by atoms with van der Waals surface area (Å²) in [6.45, 7) is 4.25. The van der Waals surface area contributed by atoms with Gasteiger partial charge in [0, 0.05) is 11.6 Å². The number of aliphatic hydroxyl groups excluding tert-OH is 1. The lowest BCUT2D eigenvalue weighted by atomic mass is 10.1. The van der Waals surface area contributed by atoms with Crippen molar-refractivity contribution >= 4 is 27.4 Å². The first-order chi connectivity index (χ1) is 14.1. The Bertz CT molecular complexity index is 1130. The van der Waals surface area contributed by atoms with E-state index >= 15 is 0 Å². The molecule has 6 nitrogen and oxygen atoms in total. The Balaban J connectivity index is 1.57. The van der Waals surface area contributed by atoms with E-state index < -0.39 is 0 Å². The number of aliphatic hydroxyl groups is 1. The van der Waals surface area contributed by atoms with E-state index in [0.717, 1.165) is 38.6 Å². The zero-order valence-corrected chi connectivity index (χ0v) is 17.1. The van der Waals surface area contributed by atoms with Gasteiger partial charge in [0.05, 0.1) is 34.1 Å². The number of aryl methyl sites for hydroxylation is 1. The average Bonchev–Trinajstić information content (AvgIpc) is 3.20. The second kappa shape index (κ2) is 8.55. The molecule has 0 radical (unpaired) electrons. The molecule has 148 valence electrons. The molecule has 2 N–H and O–H groups in total. The number of thiazole rings is 1. The summed E-state index contributed by atoms with van der Waals surface area (Å²) in [6, 6.07) is 16.0. The number of benzene rings is 2. The number of aromatic nitrogens is 3. The summed E-state index contributed by atoms with van der Waals surface area (Å²) in [5.41, 5.74) is 5.85. The zero-order chi connectivity index (χ0) is 20.2. The number of hydrogen-bond donors (Lipinski definition) is 2. The van der Waals surface area contributed by atoms with Crippen LogP contribution in [0, 0.1) is 6.92 Å². The third-order valence-corrected chi connectivity index (χ3v) is 5.34. The number of fused-ring (bicyclic) bond motifs is 1. The lowest BCUT2D eigenvalue weighted by molar-refractivity contribution is 0.201. The van der Waals surface area contributed by atoms with E-state index in [1.807, 2.05) is 54.9 Å². The quantitative estimate of drug-likeness (QED) is 0.467. The van der Waals surface area contributed by atoms with Crippen LogP contribution < -0.4 is 10.1 Å². The summed E-state index contributed by atoms with van der Waals surface area (Å²) in [7, 11) is 0. The first-order valence-electron chi connectivity index (χ1n) is 9.42. The average molecular weight is 407 g/mol. The van der Waals surface area contributed by atoms with Gasteiger partial charge in [-0.25, -0.2) is 15.0 Å². The molecule has 2 aromatic heterocycles. The maximum absolute atomic E-state index is 8.94. The summed E-state index contributed by atoms with van der Waals surface area (Å²) in [5, 5.41) is 12.4. The molecule has 4 rings (SSSR count). The van der Waals surface area contributed by atoms with Crippen LogP contribution in [0.5, 0.6) is 5.75 Å². The van der Waals surface area contributed by atoms with Gasteiger partial charge in [-0.1, -0.05) is 18.2 Å². The normalized spacial score (nSPS) is 12.1. The van der Waals surface area contributed by atoms with Crippen LogP contribution in [0.3, 0.4) is 0 Å². The smallest absolute Gasteiger partial charge is 0.130 e. The molecule has 1 unspecified atom stereocenters. The summed E-state index contributed by atoms with van der Waals surface area (Å²) < 4.78 is 6.65. The van der Waals surface area contributed by atoms with Gasteiger partial charge in [-0.2, -0.15) is 0 Å². The van der Waals surface area contributed by atoms with Crippen molar-refractivity contribution in [2.24, 2.45) is 0 Å². The highest BCUT2D eigenvalue weighted by atomic mass is 32.1. The Hall–Kier alpha value is -3.03. The van der Waals surface area contributed by atoms with Gasteiger partial charge in [-0.05, 0) is 43.7 Å². The molecule has 7 heteroatoms. The van der Waals surface area contributed by atoms with Crippen molar-refractivity contribution in [2.75, 3.05) is 18.5 Å². The van der Waals surface area contributed by atoms with E-state index in [-0.39, 0.29) is 19.3 Å². The summed E-state index contributed by atoms with van der Waals surface area (Å²) in [5.74, 6) is 2.22.